The van der Waals surface area contributed by atoms with Gasteiger partial charge in [0.2, 0.25) is 5.91 Å². The van der Waals surface area contributed by atoms with E-state index in [0.717, 1.165) is 5.75 Å². The van der Waals surface area contributed by atoms with Crippen molar-refractivity contribution in [3.63, 3.8) is 0 Å². The standard InChI is InChI=1S/C19H23NO2/c1-15-8-10-18(11-9-15)22-13-12-19(21)20-14-16(2)17-6-4-3-5-7-17/h3-11,16H,12-14H2,1-2H3,(H,20,21). The predicted molar refractivity (Wildman–Crippen MR) is 89.2 cm³/mol. The summed E-state index contributed by atoms with van der Waals surface area (Å²) in [5, 5.41) is 2.96. The molecule has 1 atom stereocenters. The Morgan fingerprint density at radius 3 is 2.45 bits per heavy atom. The maximum Gasteiger partial charge on any atom is 0.223 e. The first-order chi connectivity index (χ1) is 10.6. The van der Waals surface area contributed by atoms with Crippen molar-refractivity contribution in [2.75, 3.05) is 13.2 Å². The average Bonchev–Trinajstić information content (AvgIpc) is 2.55. The SMILES string of the molecule is Cc1ccc(OCCC(=O)NCC(C)c2ccccc2)cc1. The zero-order valence-electron chi connectivity index (χ0n) is 13.2. The van der Waals surface area contributed by atoms with E-state index >= 15 is 0 Å². The maximum atomic E-state index is 11.8. The first-order valence-corrected chi connectivity index (χ1v) is 7.66. The van der Waals surface area contributed by atoms with Crippen LogP contribution < -0.4 is 10.1 Å². The molecule has 0 aliphatic rings. The van der Waals surface area contributed by atoms with Gasteiger partial charge in [-0.25, -0.2) is 0 Å². The number of benzene rings is 2. The van der Waals surface area contributed by atoms with Gasteiger partial charge in [-0.15, -0.1) is 0 Å². The first kappa shape index (κ1) is 16.1. The van der Waals surface area contributed by atoms with E-state index in [1.54, 1.807) is 0 Å². The lowest BCUT2D eigenvalue weighted by Crippen LogP contribution is -2.28. The molecule has 1 unspecified atom stereocenters. The molecule has 22 heavy (non-hydrogen) atoms. The number of nitrogens with one attached hydrogen (secondary N) is 1. The van der Waals surface area contributed by atoms with Crippen molar-refractivity contribution < 1.29 is 9.53 Å². The quantitative estimate of drug-likeness (QED) is 0.846. The van der Waals surface area contributed by atoms with Crippen LogP contribution in [0.15, 0.2) is 54.6 Å². The Morgan fingerprint density at radius 2 is 1.77 bits per heavy atom. The van der Waals surface area contributed by atoms with Crippen LogP contribution in [0.2, 0.25) is 0 Å². The molecular weight excluding hydrogens is 274 g/mol. The van der Waals surface area contributed by atoms with Gasteiger partial charge in [0, 0.05) is 6.54 Å². The number of rotatable bonds is 7. The van der Waals surface area contributed by atoms with Gasteiger partial charge in [-0.1, -0.05) is 55.0 Å². The highest BCUT2D eigenvalue weighted by Crippen LogP contribution is 2.13. The fourth-order valence-corrected chi connectivity index (χ4v) is 2.15. The summed E-state index contributed by atoms with van der Waals surface area (Å²) in [5.41, 5.74) is 2.43. The Kier molecular flexibility index (Phi) is 6.01. The van der Waals surface area contributed by atoms with Gasteiger partial charge in [0.15, 0.2) is 0 Å². The molecule has 0 radical (unpaired) electrons. The van der Waals surface area contributed by atoms with Crippen molar-refractivity contribution >= 4 is 5.91 Å². The van der Waals surface area contributed by atoms with E-state index in [2.05, 4.69) is 24.4 Å². The molecule has 0 fully saturated rings. The van der Waals surface area contributed by atoms with Crippen LogP contribution in [-0.2, 0) is 4.79 Å². The number of hydrogen-bond donors (Lipinski definition) is 1. The molecule has 116 valence electrons. The van der Waals surface area contributed by atoms with E-state index in [1.807, 2.05) is 49.4 Å². The number of aryl methyl sites for hydroxylation is 1. The minimum absolute atomic E-state index is 0.0230. The van der Waals surface area contributed by atoms with Gasteiger partial charge in [-0.05, 0) is 30.5 Å². The van der Waals surface area contributed by atoms with Crippen molar-refractivity contribution in [2.45, 2.75) is 26.2 Å². The minimum atomic E-state index is 0.0230. The minimum Gasteiger partial charge on any atom is -0.493 e. The molecule has 0 aliphatic carbocycles. The summed E-state index contributed by atoms with van der Waals surface area (Å²) >= 11 is 0. The van der Waals surface area contributed by atoms with Crippen LogP contribution in [0.1, 0.15) is 30.4 Å². The van der Waals surface area contributed by atoms with E-state index in [9.17, 15) is 4.79 Å². The summed E-state index contributed by atoms with van der Waals surface area (Å²) in [4.78, 5) is 11.8. The lowest BCUT2D eigenvalue weighted by atomic mass is 10.0. The number of hydrogen-bond acceptors (Lipinski definition) is 2. The highest BCUT2D eigenvalue weighted by atomic mass is 16.5. The van der Waals surface area contributed by atoms with Crippen LogP contribution in [0.4, 0.5) is 0 Å². The van der Waals surface area contributed by atoms with E-state index in [0.29, 0.717) is 25.5 Å². The number of carbonyl (C=O) groups excluding carboxylic acids is 1. The molecule has 2 aromatic rings. The first-order valence-electron chi connectivity index (χ1n) is 7.66. The second-order valence-electron chi connectivity index (χ2n) is 5.53. The highest BCUT2D eigenvalue weighted by Gasteiger charge is 2.07. The normalized spacial score (nSPS) is 11.7. The van der Waals surface area contributed by atoms with E-state index in [-0.39, 0.29) is 5.91 Å². The Balaban J connectivity index is 1.66. The van der Waals surface area contributed by atoms with Gasteiger partial charge in [0.05, 0.1) is 13.0 Å². The summed E-state index contributed by atoms with van der Waals surface area (Å²) in [6.45, 7) is 5.19. The molecule has 0 saturated carbocycles. The number of carbonyl (C=O) groups is 1. The van der Waals surface area contributed by atoms with Gasteiger partial charge in [-0.3, -0.25) is 4.79 Å². The van der Waals surface area contributed by atoms with Crippen LogP contribution in [0.25, 0.3) is 0 Å². The summed E-state index contributed by atoms with van der Waals surface area (Å²) in [6, 6.07) is 18.0. The summed E-state index contributed by atoms with van der Waals surface area (Å²) in [5.74, 6) is 1.13. The highest BCUT2D eigenvalue weighted by molar-refractivity contribution is 5.76. The molecule has 3 nitrogen and oxygen atoms in total. The molecule has 0 heterocycles. The lowest BCUT2D eigenvalue weighted by molar-refractivity contribution is -0.121. The molecule has 0 bridgehead atoms. The van der Waals surface area contributed by atoms with Crippen molar-refractivity contribution in [2.24, 2.45) is 0 Å². The van der Waals surface area contributed by atoms with Crippen molar-refractivity contribution in [3.8, 4) is 5.75 Å². The maximum absolute atomic E-state index is 11.8. The fourth-order valence-electron chi connectivity index (χ4n) is 2.15. The van der Waals surface area contributed by atoms with Crippen LogP contribution in [-0.4, -0.2) is 19.1 Å². The summed E-state index contributed by atoms with van der Waals surface area (Å²) < 4.78 is 5.56. The molecule has 2 rings (SSSR count). The van der Waals surface area contributed by atoms with Crippen molar-refractivity contribution in [1.29, 1.82) is 0 Å². The smallest absolute Gasteiger partial charge is 0.223 e. The topological polar surface area (TPSA) is 38.3 Å². The average molecular weight is 297 g/mol. The second-order valence-corrected chi connectivity index (χ2v) is 5.53. The third-order valence-corrected chi connectivity index (χ3v) is 3.59. The van der Waals surface area contributed by atoms with E-state index in [4.69, 9.17) is 4.74 Å². The zero-order chi connectivity index (χ0) is 15.8. The van der Waals surface area contributed by atoms with Crippen molar-refractivity contribution in [3.05, 3.63) is 65.7 Å². The number of ether oxygens (including phenoxy) is 1. The molecule has 0 saturated heterocycles. The van der Waals surface area contributed by atoms with Crippen molar-refractivity contribution in [1.82, 2.24) is 5.32 Å². The van der Waals surface area contributed by atoms with Gasteiger partial charge >= 0.3 is 0 Å². The van der Waals surface area contributed by atoms with Gasteiger partial charge in [0.25, 0.3) is 0 Å². The molecule has 0 aromatic heterocycles. The zero-order valence-corrected chi connectivity index (χ0v) is 13.2. The molecule has 3 heteroatoms. The van der Waals surface area contributed by atoms with E-state index in [1.165, 1.54) is 11.1 Å². The molecule has 2 aromatic carbocycles. The van der Waals surface area contributed by atoms with Gasteiger partial charge in [0.1, 0.15) is 5.75 Å². The van der Waals surface area contributed by atoms with Crippen LogP contribution in [0.3, 0.4) is 0 Å². The molecule has 1 N–H and O–H groups in total. The second kappa shape index (κ2) is 8.23. The Labute approximate surface area is 132 Å². The Hall–Kier alpha value is -2.29. The largest absolute Gasteiger partial charge is 0.493 e. The van der Waals surface area contributed by atoms with E-state index < -0.39 is 0 Å². The molecule has 0 spiro atoms. The third kappa shape index (κ3) is 5.24. The lowest BCUT2D eigenvalue weighted by Gasteiger charge is -2.13. The van der Waals surface area contributed by atoms with Crippen LogP contribution in [0, 0.1) is 6.92 Å². The fraction of sp³-hybridized carbons (Fsp3) is 0.316. The monoisotopic (exact) mass is 297 g/mol. The molecule has 1 amide bonds. The third-order valence-electron chi connectivity index (χ3n) is 3.59. The summed E-state index contributed by atoms with van der Waals surface area (Å²) in [6.07, 6.45) is 0.370. The molecule has 0 aliphatic heterocycles. The van der Waals surface area contributed by atoms with Gasteiger partial charge < -0.3 is 10.1 Å². The Morgan fingerprint density at radius 1 is 1.09 bits per heavy atom. The van der Waals surface area contributed by atoms with Gasteiger partial charge in [-0.2, -0.15) is 0 Å². The predicted octanol–water partition coefficient (Wildman–Crippen LogP) is 3.68. The van der Waals surface area contributed by atoms with Crippen LogP contribution >= 0.6 is 0 Å². The number of amides is 1. The molecular formula is C19H23NO2. The van der Waals surface area contributed by atoms with Crippen LogP contribution in [0.5, 0.6) is 5.75 Å². The Bertz CT molecular complexity index is 578. The summed E-state index contributed by atoms with van der Waals surface area (Å²) in [7, 11) is 0.